The highest BCUT2D eigenvalue weighted by Gasteiger charge is 2.22. The summed E-state index contributed by atoms with van der Waals surface area (Å²) in [6.07, 6.45) is 2.56. The molecule has 5 nitrogen and oxygen atoms in total. The number of thiophene rings is 1. The molecule has 0 saturated carbocycles. The predicted molar refractivity (Wildman–Crippen MR) is 92.6 cm³/mol. The van der Waals surface area contributed by atoms with Gasteiger partial charge in [-0.1, -0.05) is 12.1 Å². The third kappa shape index (κ3) is 4.10. The van der Waals surface area contributed by atoms with Crippen molar-refractivity contribution in [1.29, 1.82) is 0 Å². The highest BCUT2D eigenvalue weighted by Crippen LogP contribution is 2.24. The van der Waals surface area contributed by atoms with Gasteiger partial charge in [0.15, 0.2) is 0 Å². The Labute approximate surface area is 139 Å². The highest BCUT2D eigenvalue weighted by atomic mass is 32.1. The largest absolute Gasteiger partial charge is 0.354 e. The SMILES string of the molecule is O=C(Nc1cccc(-c2ccsc2)c1)N[C@@H]1CCCCNC1=O. The van der Waals surface area contributed by atoms with Crippen LogP contribution in [0.1, 0.15) is 19.3 Å². The summed E-state index contributed by atoms with van der Waals surface area (Å²) in [5.41, 5.74) is 2.89. The van der Waals surface area contributed by atoms with Crippen LogP contribution in [0.5, 0.6) is 0 Å². The second-order valence-corrected chi connectivity index (χ2v) is 6.31. The second kappa shape index (κ2) is 7.28. The van der Waals surface area contributed by atoms with Crippen molar-refractivity contribution in [3.63, 3.8) is 0 Å². The molecule has 1 aromatic carbocycles. The van der Waals surface area contributed by atoms with E-state index in [4.69, 9.17) is 0 Å². The molecule has 3 amide bonds. The quantitative estimate of drug-likeness (QED) is 0.809. The Balaban J connectivity index is 1.63. The lowest BCUT2D eigenvalue weighted by Crippen LogP contribution is -2.47. The van der Waals surface area contributed by atoms with Crippen LogP contribution in [0.25, 0.3) is 11.1 Å². The van der Waals surface area contributed by atoms with Crippen LogP contribution in [0.2, 0.25) is 0 Å². The van der Waals surface area contributed by atoms with Crippen molar-refractivity contribution in [2.24, 2.45) is 0 Å². The zero-order valence-corrected chi connectivity index (χ0v) is 13.5. The number of carbonyl (C=O) groups is 2. The molecule has 6 heteroatoms. The van der Waals surface area contributed by atoms with Gasteiger partial charge >= 0.3 is 6.03 Å². The van der Waals surface area contributed by atoms with E-state index in [1.54, 1.807) is 11.3 Å². The number of hydrogen-bond acceptors (Lipinski definition) is 3. The summed E-state index contributed by atoms with van der Waals surface area (Å²) in [6.45, 7) is 0.682. The Kier molecular flexibility index (Phi) is 4.92. The first-order valence-electron chi connectivity index (χ1n) is 7.70. The van der Waals surface area contributed by atoms with Gasteiger partial charge in [-0.25, -0.2) is 4.79 Å². The van der Waals surface area contributed by atoms with Gasteiger partial charge in [-0.15, -0.1) is 0 Å². The van der Waals surface area contributed by atoms with Crippen molar-refractivity contribution in [2.45, 2.75) is 25.3 Å². The van der Waals surface area contributed by atoms with E-state index in [1.165, 1.54) is 0 Å². The summed E-state index contributed by atoms with van der Waals surface area (Å²) in [5, 5.41) is 12.5. The minimum absolute atomic E-state index is 0.107. The average Bonchev–Trinajstić information content (AvgIpc) is 3.01. The average molecular weight is 329 g/mol. The van der Waals surface area contributed by atoms with Gasteiger partial charge in [-0.2, -0.15) is 11.3 Å². The zero-order chi connectivity index (χ0) is 16.1. The third-order valence-corrected chi connectivity index (χ3v) is 4.50. The van der Waals surface area contributed by atoms with E-state index in [2.05, 4.69) is 21.3 Å². The molecule has 1 atom stereocenters. The van der Waals surface area contributed by atoms with Crippen LogP contribution in [0, 0.1) is 0 Å². The fourth-order valence-electron chi connectivity index (χ4n) is 2.61. The molecule has 23 heavy (non-hydrogen) atoms. The van der Waals surface area contributed by atoms with Crippen LogP contribution in [0.15, 0.2) is 41.1 Å². The van der Waals surface area contributed by atoms with Crippen molar-refractivity contribution in [3.8, 4) is 11.1 Å². The molecular formula is C17H19N3O2S. The normalized spacial score (nSPS) is 17.9. The molecule has 3 N–H and O–H groups in total. The Bertz CT molecular complexity index is 685. The smallest absolute Gasteiger partial charge is 0.319 e. The van der Waals surface area contributed by atoms with Crippen LogP contribution in [-0.2, 0) is 4.79 Å². The number of nitrogens with one attached hydrogen (secondary N) is 3. The standard InChI is InChI=1S/C17H19N3O2S/c21-16-15(6-1-2-8-18-16)20-17(22)19-14-5-3-4-12(10-14)13-7-9-23-11-13/h3-5,7,9-11,15H,1-2,6,8H2,(H,18,21)(H2,19,20,22)/t15-/m1/s1. The Morgan fingerprint density at radius 3 is 2.96 bits per heavy atom. The fourth-order valence-corrected chi connectivity index (χ4v) is 3.27. The van der Waals surface area contributed by atoms with E-state index in [9.17, 15) is 9.59 Å². The topological polar surface area (TPSA) is 70.2 Å². The molecule has 0 aliphatic carbocycles. The number of hydrogen-bond donors (Lipinski definition) is 3. The molecular weight excluding hydrogens is 310 g/mol. The first-order chi connectivity index (χ1) is 11.2. The van der Waals surface area contributed by atoms with Crippen LogP contribution in [0.3, 0.4) is 0 Å². The number of amides is 3. The lowest BCUT2D eigenvalue weighted by Gasteiger charge is -2.16. The van der Waals surface area contributed by atoms with E-state index in [1.807, 2.05) is 35.7 Å². The number of anilines is 1. The van der Waals surface area contributed by atoms with Crippen LogP contribution in [-0.4, -0.2) is 24.5 Å². The number of carbonyl (C=O) groups excluding carboxylic acids is 2. The molecule has 0 unspecified atom stereocenters. The molecule has 3 rings (SSSR count). The van der Waals surface area contributed by atoms with E-state index >= 15 is 0 Å². The maximum atomic E-state index is 12.1. The summed E-state index contributed by atoms with van der Waals surface area (Å²) < 4.78 is 0. The lowest BCUT2D eigenvalue weighted by atomic mass is 10.1. The highest BCUT2D eigenvalue weighted by molar-refractivity contribution is 7.08. The molecule has 2 heterocycles. The lowest BCUT2D eigenvalue weighted by molar-refractivity contribution is -0.122. The summed E-state index contributed by atoms with van der Waals surface area (Å²) in [6, 6.07) is 8.90. The molecule has 0 spiro atoms. The molecule has 0 bridgehead atoms. The van der Waals surface area contributed by atoms with Crippen molar-refractivity contribution < 1.29 is 9.59 Å². The van der Waals surface area contributed by atoms with Crippen LogP contribution in [0.4, 0.5) is 10.5 Å². The third-order valence-electron chi connectivity index (χ3n) is 3.82. The maximum Gasteiger partial charge on any atom is 0.319 e. The minimum atomic E-state index is -0.461. The van der Waals surface area contributed by atoms with E-state index in [-0.39, 0.29) is 11.9 Å². The van der Waals surface area contributed by atoms with Crippen molar-refractivity contribution in [3.05, 3.63) is 41.1 Å². The van der Waals surface area contributed by atoms with Gasteiger partial charge in [-0.05, 0) is 59.3 Å². The number of urea groups is 1. The Morgan fingerprint density at radius 1 is 1.22 bits per heavy atom. The Hall–Kier alpha value is -2.34. The van der Waals surface area contributed by atoms with Gasteiger partial charge in [0.25, 0.3) is 0 Å². The van der Waals surface area contributed by atoms with Gasteiger partial charge < -0.3 is 16.0 Å². The Morgan fingerprint density at radius 2 is 2.13 bits per heavy atom. The summed E-state index contributed by atoms with van der Waals surface area (Å²) in [7, 11) is 0. The molecule has 120 valence electrons. The van der Waals surface area contributed by atoms with Crippen LogP contribution >= 0.6 is 11.3 Å². The van der Waals surface area contributed by atoms with Gasteiger partial charge in [0.1, 0.15) is 6.04 Å². The fraction of sp³-hybridized carbons (Fsp3) is 0.294. The van der Waals surface area contributed by atoms with Gasteiger partial charge in [0.05, 0.1) is 0 Å². The van der Waals surface area contributed by atoms with Gasteiger partial charge in [0, 0.05) is 12.2 Å². The molecule has 1 fully saturated rings. The first kappa shape index (κ1) is 15.6. The summed E-state index contributed by atoms with van der Waals surface area (Å²) in [5.74, 6) is -0.107. The zero-order valence-electron chi connectivity index (χ0n) is 12.7. The number of benzene rings is 1. The minimum Gasteiger partial charge on any atom is -0.354 e. The van der Waals surface area contributed by atoms with Gasteiger partial charge in [0.2, 0.25) is 5.91 Å². The molecule has 2 aromatic rings. The summed E-state index contributed by atoms with van der Waals surface area (Å²) >= 11 is 1.64. The van der Waals surface area contributed by atoms with E-state index in [0.717, 1.165) is 24.0 Å². The first-order valence-corrected chi connectivity index (χ1v) is 8.64. The van der Waals surface area contributed by atoms with Gasteiger partial charge in [-0.3, -0.25) is 4.79 Å². The molecule has 1 aliphatic rings. The predicted octanol–water partition coefficient (Wildman–Crippen LogP) is 3.21. The van der Waals surface area contributed by atoms with E-state index in [0.29, 0.717) is 18.7 Å². The van der Waals surface area contributed by atoms with Crippen molar-refractivity contribution >= 4 is 29.0 Å². The van der Waals surface area contributed by atoms with Crippen molar-refractivity contribution in [1.82, 2.24) is 10.6 Å². The molecule has 1 saturated heterocycles. The molecule has 1 aromatic heterocycles. The maximum absolute atomic E-state index is 12.1. The number of rotatable bonds is 3. The van der Waals surface area contributed by atoms with E-state index < -0.39 is 6.04 Å². The van der Waals surface area contributed by atoms with Crippen LogP contribution < -0.4 is 16.0 Å². The summed E-state index contributed by atoms with van der Waals surface area (Å²) in [4.78, 5) is 24.0. The second-order valence-electron chi connectivity index (χ2n) is 5.53. The van der Waals surface area contributed by atoms with Crippen molar-refractivity contribution in [2.75, 3.05) is 11.9 Å². The molecule has 0 radical (unpaired) electrons. The molecule has 1 aliphatic heterocycles. The monoisotopic (exact) mass is 329 g/mol.